The molecule has 0 radical (unpaired) electrons. The Hall–Kier alpha value is -1.16. The standard InChI is InChI=1S/C12H18N2O5S2/c1-9-8-14(5-6-19-9)21(17,18)12-7-10(20(2,15)16)3-4-11(12)13/h3-4,7,9H,5-6,8,13H2,1-2H3. The van der Waals surface area contributed by atoms with E-state index in [1.165, 1.54) is 16.4 Å². The number of hydrogen-bond acceptors (Lipinski definition) is 6. The van der Waals surface area contributed by atoms with Crippen molar-refractivity contribution in [3.63, 3.8) is 0 Å². The van der Waals surface area contributed by atoms with Crippen LogP contribution in [0.15, 0.2) is 28.0 Å². The first kappa shape index (κ1) is 16.2. The van der Waals surface area contributed by atoms with Crippen LogP contribution in [0.2, 0.25) is 0 Å². The second kappa shape index (κ2) is 5.56. The Labute approximate surface area is 124 Å². The molecule has 7 nitrogen and oxygen atoms in total. The number of hydrogen-bond donors (Lipinski definition) is 1. The summed E-state index contributed by atoms with van der Waals surface area (Å²) in [6, 6.07) is 3.71. The van der Waals surface area contributed by atoms with E-state index in [4.69, 9.17) is 10.5 Å². The molecule has 1 aromatic carbocycles. The van der Waals surface area contributed by atoms with Crippen molar-refractivity contribution in [2.24, 2.45) is 0 Å². The second-order valence-corrected chi connectivity index (χ2v) is 8.94. The van der Waals surface area contributed by atoms with Gasteiger partial charge in [0.1, 0.15) is 4.90 Å². The summed E-state index contributed by atoms with van der Waals surface area (Å²) in [5.74, 6) is 0. The highest BCUT2D eigenvalue weighted by Crippen LogP contribution is 2.26. The molecule has 1 unspecified atom stereocenters. The van der Waals surface area contributed by atoms with Crippen LogP contribution >= 0.6 is 0 Å². The van der Waals surface area contributed by atoms with E-state index in [9.17, 15) is 16.8 Å². The van der Waals surface area contributed by atoms with Gasteiger partial charge in [0.2, 0.25) is 10.0 Å². The Morgan fingerprint density at radius 2 is 1.95 bits per heavy atom. The molecule has 1 aliphatic heterocycles. The minimum absolute atomic E-state index is 0.0292. The van der Waals surface area contributed by atoms with Crippen LogP contribution in [0.1, 0.15) is 6.92 Å². The fourth-order valence-corrected chi connectivity index (χ4v) is 4.48. The highest BCUT2D eigenvalue weighted by Gasteiger charge is 2.31. The molecule has 1 aliphatic rings. The van der Waals surface area contributed by atoms with Crippen molar-refractivity contribution in [2.75, 3.05) is 31.7 Å². The lowest BCUT2D eigenvalue weighted by Crippen LogP contribution is -2.44. The van der Waals surface area contributed by atoms with Crippen LogP contribution in [0.5, 0.6) is 0 Å². The molecule has 9 heteroatoms. The number of sulfone groups is 1. The third-order valence-electron chi connectivity index (χ3n) is 3.23. The summed E-state index contributed by atoms with van der Waals surface area (Å²) in [6.07, 6.45) is 0.805. The van der Waals surface area contributed by atoms with E-state index >= 15 is 0 Å². The molecular weight excluding hydrogens is 316 g/mol. The zero-order valence-electron chi connectivity index (χ0n) is 11.8. The first-order valence-electron chi connectivity index (χ1n) is 6.33. The number of nitrogen functional groups attached to an aromatic ring is 1. The van der Waals surface area contributed by atoms with Crippen molar-refractivity contribution in [1.29, 1.82) is 0 Å². The van der Waals surface area contributed by atoms with Crippen LogP contribution in [0.4, 0.5) is 5.69 Å². The Kier molecular flexibility index (Phi) is 4.29. The van der Waals surface area contributed by atoms with Crippen molar-refractivity contribution in [3.05, 3.63) is 18.2 Å². The van der Waals surface area contributed by atoms with Gasteiger partial charge >= 0.3 is 0 Å². The number of morpholine rings is 1. The van der Waals surface area contributed by atoms with Gasteiger partial charge in [-0.05, 0) is 25.1 Å². The number of ether oxygens (including phenoxy) is 1. The minimum atomic E-state index is -3.84. The average Bonchev–Trinajstić information content (AvgIpc) is 2.37. The van der Waals surface area contributed by atoms with Gasteiger partial charge in [0.25, 0.3) is 0 Å². The van der Waals surface area contributed by atoms with Crippen LogP contribution in [-0.4, -0.2) is 53.2 Å². The van der Waals surface area contributed by atoms with Crippen molar-refractivity contribution < 1.29 is 21.6 Å². The molecule has 2 N–H and O–H groups in total. The van der Waals surface area contributed by atoms with Crippen molar-refractivity contribution in [3.8, 4) is 0 Å². The predicted molar refractivity (Wildman–Crippen MR) is 78.1 cm³/mol. The van der Waals surface area contributed by atoms with Gasteiger partial charge in [-0.25, -0.2) is 16.8 Å². The Balaban J connectivity index is 2.49. The summed E-state index contributed by atoms with van der Waals surface area (Å²) in [5, 5.41) is 0. The molecule has 0 aliphatic carbocycles. The molecule has 1 heterocycles. The highest BCUT2D eigenvalue weighted by atomic mass is 32.2. The molecule has 0 aromatic heterocycles. The van der Waals surface area contributed by atoms with E-state index in [1.54, 1.807) is 6.92 Å². The quantitative estimate of drug-likeness (QED) is 0.785. The molecule has 0 amide bonds. The maximum atomic E-state index is 12.6. The number of nitrogens with two attached hydrogens (primary N) is 1. The van der Waals surface area contributed by atoms with Crippen LogP contribution in [0, 0.1) is 0 Å². The molecule has 0 bridgehead atoms. The molecule has 1 saturated heterocycles. The molecule has 1 atom stereocenters. The minimum Gasteiger partial charge on any atom is -0.398 e. The molecule has 118 valence electrons. The first-order valence-corrected chi connectivity index (χ1v) is 9.67. The summed E-state index contributed by atoms with van der Waals surface area (Å²) >= 11 is 0. The van der Waals surface area contributed by atoms with Gasteiger partial charge in [0.05, 0.1) is 23.3 Å². The van der Waals surface area contributed by atoms with Crippen molar-refractivity contribution >= 4 is 25.5 Å². The van der Waals surface area contributed by atoms with Crippen LogP contribution < -0.4 is 5.73 Å². The number of sulfonamides is 1. The van der Waals surface area contributed by atoms with Gasteiger partial charge in [-0.1, -0.05) is 0 Å². The Morgan fingerprint density at radius 3 is 2.52 bits per heavy atom. The van der Waals surface area contributed by atoms with Crippen LogP contribution in [0.3, 0.4) is 0 Å². The lowest BCUT2D eigenvalue weighted by atomic mass is 10.3. The molecule has 0 saturated carbocycles. The normalized spacial score (nSPS) is 21.3. The second-order valence-electron chi connectivity index (χ2n) is 5.02. The van der Waals surface area contributed by atoms with Gasteiger partial charge < -0.3 is 10.5 Å². The summed E-state index contributed by atoms with van der Waals surface area (Å²) in [6.45, 7) is 2.50. The lowest BCUT2D eigenvalue weighted by Gasteiger charge is -2.30. The largest absolute Gasteiger partial charge is 0.398 e. The summed E-state index contributed by atoms with van der Waals surface area (Å²) in [4.78, 5) is -0.254. The van der Waals surface area contributed by atoms with Crippen LogP contribution in [-0.2, 0) is 24.6 Å². The van der Waals surface area contributed by atoms with Gasteiger partial charge in [-0.2, -0.15) is 4.31 Å². The molecule has 0 spiro atoms. The first-order chi connectivity index (χ1) is 9.62. The van der Waals surface area contributed by atoms with Gasteiger partial charge in [0.15, 0.2) is 9.84 Å². The Bertz CT molecular complexity index is 743. The SMILES string of the molecule is CC1CN(S(=O)(=O)c2cc(S(C)(=O)=O)ccc2N)CCO1. The van der Waals surface area contributed by atoms with E-state index in [0.717, 1.165) is 12.3 Å². The predicted octanol–water partition coefficient (Wildman–Crippen LogP) is 0.0817. The molecule has 1 fully saturated rings. The zero-order chi connectivity index (χ0) is 15.8. The van der Waals surface area contributed by atoms with Gasteiger partial charge in [0, 0.05) is 19.3 Å². The summed E-state index contributed by atoms with van der Waals surface area (Å²) in [5.41, 5.74) is 5.76. The fourth-order valence-electron chi connectivity index (χ4n) is 2.11. The van der Waals surface area contributed by atoms with E-state index in [1.807, 2.05) is 0 Å². The topological polar surface area (TPSA) is 107 Å². The zero-order valence-corrected chi connectivity index (χ0v) is 13.4. The number of anilines is 1. The van der Waals surface area contributed by atoms with Gasteiger partial charge in [-0.15, -0.1) is 0 Å². The smallest absolute Gasteiger partial charge is 0.245 e. The summed E-state index contributed by atoms with van der Waals surface area (Å²) in [7, 11) is -7.35. The number of rotatable bonds is 3. The van der Waals surface area contributed by atoms with Gasteiger partial charge in [-0.3, -0.25) is 0 Å². The maximum absolute atomic E-state index is 12.6. The molecule has 1 aromatic rings. The van der Waals surface area contributed by atoms with Crippen LogP contribution in [0.25, 0.3) is 0 Å². The molecule has 2 rings (SSSR count). The lowest BCUT2D eigenvalue weighted by molar-refractivity contribution is 0.0102. The van der Waals surface area contributed by atoms with E-state index in [-0.39, 0.29) is 34.7 Å². The monoisotopic (exact) mass is 334 g/mol. The van der Waals surface area contributed by atoms with E-state index < -0.39 is 19.9 Å². The molecule has 21 heavy (non-hydrogen) atoms. The third-order valence-corrected chi connectivity index (χ3v) is 6.27. The Morgan fingerprint density at radius 1 is 1.29 bits per heavy atom. The maximum Gasteiger partial charge on any atom is 0.245 e. The third kappa shape index (κ3) is 3.37. The fraction of sp³-hybridized carbons (Fsp3) is 0.500. The van der Waals surface area contributed by atoms with E-state index in [0.29, 0.717) is 6.61 Å². The van der Waals surface area contributed by atoms with E-state index in [2.05, 4.69) is 0 Å². The number of benzene rings is 1. The summed E-state index contributed by atoms with van der Waals surface area (Å²) < 4.78 is 55.0. The average molecular weight is 334 g/mol. The highest BCUT2D eigenvalue weighted by molar-refractivity contribution is 7.91. The molecular formula is C12H18N2O5S2. The van der Waals surface area contributed by atoms with Crippen molar-refractivity contribution in [2.45, 2.75) is 22.8 Å². The number of nitrogens with zero attached hydrogens (tertiary/aromatic N) is 1. The van der Waals surface area contributed by atoms with Crippen molar-refractivity contribution in [1.82, 2.24) is 4.31 Å².